The summed E-state index contributed by atoms with van der Waals surface area (Å²) in [6.45, 7) is 0.420. The van der Waals surface area contributed by atoms with Crippen LogP contribution in [0, 0.1) is 5.92 Å². The average molecular weight is 535 g/mol. The van der Waals surface area contributed by atoms with Gasteiger partial charge in [-0.3, -0.25) is 4.79 Å². The van der Waals surface area contributed by atoms with Gasteiger partial charge in [-0.25, -0.2) is 8.42 Å². The summed E-state index contributed by atoms with van der Waals surface area (Å²) in [5.74, 6) is 0.828. The molecule has 0 aliphatic carbocycles. The lowest BCUT2D eigenvalue weighted by Gasteiger charge is -2.31. The van der Waals surface area contributed by atoms with Crippen molar-refractivity contribution in [2.75, 3.05) is 25.5 Å². The molecule has 0 aromatic heterocycles. The van der Waals surface area contributed by atoms with Gasteiger partial charge < -0.3 is 14.8 Å². The Morgan fingerprint density at radius 3 is 2.31 bits per heavy atom. The van der Waals surface area contributed by atoms with E-state index in [1.165, 1.54) is 28.6 Å². The molecular weight excluding hydrogens is 511 g/mol. The van der Waals surface area contributed by atoms with Gasteiger partial charge in [0.25, 0.3) is 0 Å². The number of methoxy groups -OCH3 is 1. The monoisotopic (exact) mass is 534 g/mol. The van der Waals surface area contributed by atoms with Crippen LogP contribution in [0.15, 0.2) is 71.6 Å². The van der Waals surface area contributed by atoms with Gasteiger partial charge in [0, 0.05) is 23.1 Å². The molecule has 3 aromatic carbocycles. The zero-order chi connectivity index (χ0) is 25.0. The zero-order valence-corrected chi connectivity index (χ0v) is 21.2. The van der Waals surface area contributed by atoms with Crippen molar-refractivity contribution in [2.45, 2.75) is 17.7 Å². The smallest absolute Gasteiger partial charge is 0.243 e. The summed E-state index contributed by atoms with van der Waals surface area (Å²) >= 11 is 12.1. The molecule has 1 amide bonds. The Morgan fingerprint density at radius 1 is 0.971 bits per heavy atom. The van der Waals surface area contributed by atoms with Gasteiger partial charge in [0.2, 0.25) is 15.9 Å². The molecule has 0 bridgehead atoms. The van der Waals surface area contributed by atoms with E-state index >= 15 is 0 Å². The van der Waals surface area contributed by atoms with E-state index in [1.807, 2.05) is 0 Å². The van der Waals surface area contributed by atoms with Gasteiger partial charge in [-0.1, -0.05) is 23.2 Å². The lowest BCUT2D eigenvalue weighted by Crippen LogP contribution is -2.43. The fourth-order valence-corrected chi connectivity index (χ4v) is 5.65. The van der Waals surface area contributed by atoms with Crippen molar-refractivity contribution in [3.05, 3.63) is 76.8 Å². The van der Waals surface area contributed by atoms with Crippen LogP contribution in [-0.4, -0.2) is 38.8 Å². The molecule has 0 spiro atoms. The van der Waals surface area contributed by atoms with Crippen molar-refractivity contribution in [1.82, 2.24) is 4.31 Å². The van der Waals surface area contributed by atoms with Crippen LogP contribution in [0.25, 0.3) is 0 Å². The van der Waals surface area contributed by atoms with Gasteiger partial charge in [0.15, 0.2) is 5.75 Å². The normalized spacial score (nSPS) is 16.5. The van der Waals surface area contributed by atoms with Crippen LogP contribution in [0.1, 0.15) is 12.8 Å². The van der Waals surface area contributed by atoms with Crippen LogP contribution in [0.2, 0.25) is 10.0 Å². The molecule has 1 N–H and O–H groups in total. The van der Waals surface area contributed by atoms with E-state index in [-0.39, 0.29) is 17.3 Å². The van der Waals surface area contributed by atoms with E-state index in [0.717, 1.165) is 0 Å². The number of sulfonamides is 1. The molecule has 1 atom stereocenters. The second kappa shape index (κ2) is 10.9. The third kappa shape index (κ3) is 6.08. The molecular formula is C25H24Cl2N2O5S. The number of nitrogens with one attached hydrogen (secondary N) is 1. The summed E-state index contributed by atoms with van der Waals surface area (Å²) in [5, 5.41) is 3.75. The number of benzene rings is 3. The topological polar surface area (TPSA) is 84.9 Å². The number of ether oxygens (including phenoxy) is 2. The molecule has 1 aliphatic heterocycles. The van der Waals surface area contributed by atoms with Gasteiger partial charge >= 0.3 is 0 Å². The molecule has 0 unspecified atom stereocenters. The first kappa shape index (κ1) is 25.3. The second-order valence-electron chi connectivity index (χ2n) is 8.06. The van der Waals surface area contributed by atoms with Crippen molar-refractivity contribution in [2.24, 2.45) is 5.92 Å². The van der Waals surface area contributed by atoms with Crippen molar-refractivity contribution in [3.63, 3.8) is 0 Å². The van der Waals surface area contributed by atoms with Crippen LogP contribution in [0.4, 0.5) is 5.69 Å². The Morgan fingerprint density at radius 2 is 1.63 bits per heavy atom. The van der Waals surface area contributed by atoms with Crippen LogP contribution in [0.5, 0.6) is 17.2 Å². The highest BCUT2D eigenvalue weighted by molar-refractivity contribution is 7.89. The Hall–Kier alpha value is -2.78. The van der Waals surface area contributed by atoms with Crippen molar-refractivity contribution in [1.29, 1.82) is 0 Å². The van der Waals surface area contributed by atoms with E-state index in [9.17, 15) is 13.2 Å². The number of amides is 1. The number of halogens is 2. The van der Waals surface area contributed by atoms with E-state index in [1.54, 1.807) is 49.6 Å². The fraction of sp³-hybridized carbons (Fsp3) is 0.240. The molecule has 10 heteroatoms. The summed E-state index contributed by atoms with van der Waals surface area (Å²) in [4.78, 5) is 13.3. The molecule has 7 nitrogen and oxygen atoms in total. The maximum Gasteiger partial charge on any atom is 0.243 e. The molecule has 35 heavy (non-hydrogen) atoms. The van der Waals surface area contributed by atoms with Crippen LogP contribution in [-0.2, 0) is 14.8 Å². The summed E-state index contributed by atoms with van der Waals surface area (Å²) < 4.78 is 38.6. The number of piperidine rings is 1. The third-order valence-electron chi connectivity index (χ3n) is 5.69. The van der Waals surface area contributed by atoms with Gasteiger partial charge in [-0.05, 0) is 79.6 Å². The number of anilines is 1. The van der Waals surface area contributed by atoms with Crippen LogP contribution < -0.4 is 14.8 Å². The van der Waals surface area contributed by atoms with Crippen molar-refractivity contribution in [3.8, 4) is 17.2 Å². The predicted molar refractivity (Wildman–Crippen MR) is 136 cm³/mol. The number of rotatable bonds is 7. The number of nitrogens with zero attached hydrogens (tertiary/aromatic N) is 1. The quantitative estimate of drug-likeness (QED) is 0.411. The number of carbonyl (C=O) groups is 1. The Balaban J connectivity index is 1.49. The summed E-state index contributed by atoms with van der Waals surface area (Å²) in [6.07, 6.45) is 1.13. The van der Waals surface area contributed by atoms with E-state index in [2.05, 4.69) is 5.32 Å². The highest BCUT2D eigenvalue weighted by Crippen LogP contribution is 2.34. The highest BCUT2D eigenvalue weighted by atomic mass is 35.5. The minimum absolute atomic E-state index is 0.0754. The summed E-state index contributed by atoms with van der Waals surface area (Å²) in [6, 6.07) is 18.0. The first-order chi connectivity index (χ1) is 16.8. The predicted octanol–water partition coefficient (Wildman–Crippen LogP) is 5.83. The zero-order valence-electron chi connectivity index (χ0n) is 18.9. The van der Waals surface area contributed by atoms with Crippen LogP contribution >= 0.6 is 23.2 Å². The molecule has 1 aliphatic rings. The maximum absolute atomic E-state index is 13.2. The lowest BCUT2D eigenvalue weighted by atomic mass is 9.98. The molecule has 0 saturated carbocycles. The third-order valence-corrected chi connectivity index (χ3v) is 8.06. The minimum atomic E-state index is -3.74. The van der Waals surface area contributed by atoms with Crippen LogP contribution in [0.3, 0.4) is 0 Å². The highest BCUT2D eigenvalue weighted by Gasteiger charge is 2.33. The molecule has 1 fully saturated rings. The number of hydrogen-bond donors (Lipinski definition) is 1. The maximum atomic E-state index is 13.2. The Kier molecular flexibility index (Phi) is 7.86. The first-order valence-electron chi connectivity index (χ1n) is 10.9. The molecule has 1 saturated heterocycles. The summed E-state index contributed by atoms with van der Waals surface area (Å²) in [5.41, 5.74) is 0.399. The minimum Gasteiger partial charge on any atom is -0.497 e. The van der Waals surface area contributed by atoms with E-state index in [0.29, 0.717) is 52.4 Å². The van der Waals surface area contributed by atoms with E-state index in [4.69, 9.17) is 32.7 Å². The first-order valence-corrected chi connectivity index (χ1v) is 13.1. The largest absolute Gasteiger partial charge is 0.497 e. The molecule has 184 valence electrons. The Labute approximate surface area is 214 Å². The van der Waals surface area contributed by atoms with Gasteiger partial charge in [-0.2, -0.15) is 4.31 Å². The number of carbonyl (C=O) groups excluding carboxylic acids is 1. The molecule has 3 aromatic rings. The Bertz CT molecular complexity index is 1300. The molecule has 1 heterocycles. The standard InChI is InChI=1S/C25H24Cl2N2O5S/c1-33-20-7-9-21(10-8-20)34-24-13-6-19(27)15-23(24)28-25(30)17-3-2-14-29(16-17)35(31,32)22-11-4-18(26)5-12-22/h4-13,15,17H,2-3,14,16H2,1H3,(H,28,30)/t17-/m1/s1. The van der Waals surface area contributed by atoms with Gasteiger partial charge in [0.1, 0.15) is 11.5 Å². The summed E-state index contributed by atoms with van der Waals surface area (Å²) in [7, 11) is -2.16. The van der Waals surface area contributed by atoms with Gasteiger partial charge in [0.05, 0.1) is 23.6 Å². The van der Waals surface area contributed by atoms with Gasteiger partial charge in [-0.15, -0.1) is 0 Å². The molecule has 4 rings (SSSR count). The van der Waals surface area contributed by atoms with E-state index < -0.39 is 15.9 Å². The SMILES string of the molecule is COc1ccc(Oc2ccc(Cl)cc2NC(=O)[C@@H]2CCCN(S(=O)(=O)c3ccc(Cl)cc3)C2)cc1. The number of hydrogen-bond acceptors (Lipinski definition) is 5. The second-order valence-corrected chi connectivity index (χ2v) is 10.9. The van der Waals surface area contributed by atoms with Crippen molar-refractivity contribution >= 4 is 44.8 Å². The lowest BCUT2D eigenvalue weighted by molar-refractivity contribution is -0.120. The average Bonchev–Trinajstić information content (AvgIpc) is 2.86. The fourth-order valence-electron chi connectivity index (χ4n) is 3.82. The molecule has 0 radical (unpaired) electrons. The van der Waals surface area contributed by atoms with Crippen molar-refractivity contribution < 1.29 is 22.7 Å².